The van der Waals surface area contributed by atoms with Crippen molar-refractivity contribution >= 4 is 12.6 Å². The molecule has 0 spiro atoms. The Bertz CT molecular complexity index is 177. The van der Waals surface area contributed by atoms with Crippen LogP contribution in [-0.4, -0.2) is 43.5 Å². The molecule has 3 heteroatoms. The monoisotopic (exact) mass is 247 g/mol. The number of rotatable bonds is 7. The zero-order valence-corrected chi connectivity index (χ0v) is 12.7. The van der Waals surface area contributed by atoms with Crippen molar-refractivity contribution in [3.63, 3.8) is 0 Å². The molecular formula is C13H29NOS. The fourth-order valence-corrected chi connectivity index (χ4v) is 2.18. The first-order valence-electron chi connectivity index (χ1n) is 6.18. The normalized spacial score (nSPS) is 14.8. The first kappa shape index (κ1) is 16.3. The summed E-state index contributed by atoms with van der Waals surface area (Å²) in [6.07, 6.45) is 0.330. The second-order valence-electron chi connectivity index (χ2n) is 5.93. The maximum absolute atomic E-state index is 5.55. The van der Waals surface area contributed by atoms with Gasteiger partial charge >= 0.3 is 0 Å². The van der Waals surface area contributed by atoms with Gasteiger partial charge < -0.3 is 9.64 Å². The van der Waals surface area contributed by atoms with Gasteiger partial charge in [0.15, 0.2) is 0 Å². The predicted octanol–water partition coefficient (Wildman–Crippen LogP) is 2.94. The lowest BCUT2D eigenvalue weighted by atomic mass is 9.81. The van der Waals surface area contributed by atoms with Gasteiger partial charge in [-0.05, 0) is 38.0 Å². The van der Waals surface area contributed by atoms with Gasteiger partial charge in [-0.3, -0.25) is 0 Å². The molecule has 1 atom stereocenters. The summed E-state index contributed by atoms with van der Waals surface area (Å²) in [5.74, 6) is 1.57. The number of hydrogen-bond donors (Lipinski definition) is 1. The number of likely N-dealkylation sites (N-methyl/N-ethyl adjacent to an activating group) is 1. The van der Waals surface area contributed by atoms with Gasteiger partial charge in [0, 0.05) is 13.1 Å². The Balaban J connectivity index is 3.88. The van der Waals surface area contributed by atoms with Crippen LogP contribution in [0.15, 0.2) is 0 Å². The Morgan fingerprint density at radius 2 is 1.81 bits per heavy atom. The molecule has 0 aromatic heterocycles. The van der Waals surface area contributed by atoms with Crippen molar-refractivity contribution in [3.8, 4) is 0 Å². The van der Waals surface area contributed by atoms with Crippen LogP contribution < -0.4 is 0 Å². The zero-order chi connectivity index (χ0) is 12.8. The molecule has 0 N–H and O–H groups in total. The van der Waals surface area contributed by atoms with Crippen molar-refractivity contribution < 1.29 is 4.74 Å². The van der Waals surface area contributed by atoms with Gasteiger partial charge in [-0.25, -0.2) is 0 Å². The van der Waals surface area contributed by atoms with Crippen molar-refractivity contribution in [2.24, 2.45) is 11.3 Å². The van der Waals surface area contributed by atoms with Crippen LogP contribution in [0, 0.1) is 11.3 Å². The highest BCUT2D eigenvalue weighted by atomic mass is 32.1. The summed E-state index contributed by atoms with van der Waals surface area (Å²) in [4.78, 5) is 2.34. The lowest BCUT2D eigenvalue weighted by molar-refractivity contribution is 0.0576. The van der Waals surface area contributed by atoms with Crippen molar-refractivity contribution in [2.75, 3.05) is 32.5 Å². The summed E-state index contributed by atoms with van der Waals surface area (Å²) in [6.45, 7) is 13.9. The van der Waals surface area contributed by atoms with Crippen molar-refractivity contribution in [1.82, 2.24) is 4.90 Å². The number of thiol groups is 1. The van der Waals surface area contributed by atoms with E-state index >= 15 is 0 Å². The molecule has 0 heterocycles. The summed E-state index contributed by atoms with van der Waals surface area (Å²) in [7, 11) is 2.16. The molecule has 0 radical (unpaired) electrons. The van der Waals surface area contributed by atoms with E-state index in [0.717, 1.165) is 25.4 Å². The summed E-state index contributed by atoms with van der Waals surface area (Å²) in [5, 5.41) is 0. The molecular weight excluding hydrogens is 218 g/mol. The number of ether oxygens (including phenoxy) is 1. The SMILES string of the molecule is CC(C)OCCN(C)CC(CS)C(C)(C)C. The molecule has 0 aliphatic heterocycles. The first-order chi connectivity index (χ1) is 7.27. The maximum Gasteiger partial charge on any atom is 0.0596 e. The van der Waals surface area contributed by atoms with E-state index in [2.05, 4.69) is 59.2 Å². The van der Waals surface area contributed by atoms with E-state index < -0.39 is 0 Å². The molecule has 0 bridgehead atoms. The second kappa shape index (κ2) is 7.57. The van der Waals surface area contributed by atoms with Crippen molar-refractivity contribution in [2.45, 2.75) is 40.7 Å². The van der Waals surface area contributed by atoms with Crippen LogP contribution in [0.25, 0.3) is 0 Å². The third-order valence-electron chi connectivity index (χ3n) is 2.90. The van der Waals surface area contributed by atoms with E-state index in [4.69, 9.17) is 4.74 Å². The molecule has 0 saturated carbocycles. The average Bonchev–Trinajstić information content (AvgIpc) is 2.11. The molecule has 0 aromatic carbocycles. The van der Waals surface area contributed by atoms with E-state index in [-0.39, 0.29) is 0 Å². The van der Waals surface area contributed by atoms with Gasteiger partial charge in [0.25, 0.3) is 0 Å². The zero-order valence-electron chi connectivity index (χ0n) is 11.8. The van der Waals surface area contributed by atoms with Gasteiger partial charge in [-0.2, -0.15) is 12.6 Å². The maximum atomic E-state index is 5.55. The summed E-state index contributed by atoms with van der Waals surface area (Å²) in [5.41, 5.74) is 0.328. The van der Waals surface area contributed by atoms with Gasteiger partial charge in [0.05, 0.1) is 12.7 Å². The highest BCUT2D eigenvalue weighted by Crippen LogP contribution is 2.27. The average molecular weight is 247 g/mol. The molecule has 98 valence electrons. The molecule has 0 fully saturated rings. The van der Waals surface area contributed by atoms with Crippen LogP contribution in [0.1, 0.15) is 34.6 Å². The molecule has 0 aliphatic carbocycles. The Morgan fingerprint density at radius 1 is 1.25 bits per heavy atom. The van der Waals surface area contributed by atoms with Crippen molar-refractivity contribution in [3.05, 3.63) is 0 Å². The summed E-state index contributed by atoms with van der Waals surface area (Å²) < 4.78 is 5.55. The van der Waals surface area contributed by atoms with E-state index in [0.29, 0.717) is 17.4 Å². The summed E-state index contributed by atoms with van der Waals surface area (Å²) in [6, 6.07) is 0. The quantitative estimate of drug-likeness (QED) is 0.695. The Kier molecular flexibility index (Phi) is 7.70. The van der Waals surface area contributed by atoms with Crippen LogP contribution in [0.4, 0.5) is 0 Å². The third kappa shape index (κ3) is 7.53. The van der Waals surface area contributed by atoms with E-state index in [1.54, 1.807) is 0 Å². The van der Waals surface area contributed by atoms with Gasteiger partial charge in [0.1, 0.15) is 0 Å². The lowest BCUT2D eigenvalue weighted by Gasteiger charge is -2.33. The summed E-state index contributed by atoms with van der Waals surface area (Å²) >= 11 is 4.45. The highest BCUT2D eigenvalue weighted by Gasteiger charge is 2.24. The molecule has 16 heavy (non-hydrogen) atoms. The fraction of sp³-hybridized carbons (Fsp3) is 1.00. The fourth-order valence-electron chi connectivity index (χ4n) is 1.52. The predicted molar refractivity (Wildman–Crippen MR) is 75.4 cm³/mol. The highest BCUT2D eigenvalue weighted by molar-refractivity contribution is 7.80. The standard InChI is InChI=1S/C13H29NOS/c1-11(2)15-8-7-14(6)9-12(10-16)13(3,4)5/h11-12,16H,7-10H2,1-6H3. The minimum absolute atomic E-state index is 0.328. The van der Waals surface area contributed by atoms with E-state index in [1.165, 1.54) is 0 Å². The Morgan fingerprint density at radius 3 is 2.19 bits per heavy atom. The molecule has 2 nitrogen and oxygen atoms in total. The Labute approximate surface area is 107 Å². The van der Waals surface area contributed by atoms with E-state index in [1.807, 2.05) is 0 Å². The molecule has 0 rings (SSSR count). The van der Waals surface area contributed by atoms with Gasteiger partial charge in [-0.1, -0.05) is 20.8 Å². The van der Waals surface area contributed by atoms with Crippen LogP contribution in [0.5, 0.6) is 0 Å². The van der Waals surface area contributed by atoms with Crippen LogP contribution in [0.2, 0.25) is 0 Å². The van der Waals surface area contributed by atoms with Gasteiger partial charge in [0.2, 0.25) is 0 Å². The van der Waals surface area contributed by atoms with E-state index in [9.17, 15) is 0 Å². The van der Waals surface area contributed by atoms with Crippen LogP contribution >= 0.6 is 12.6 Å². The minimum Gasteiger partial charge on any atom is -0.377 e. The second-order valence-corrected chi connectivity index (χ2v) is 6.29. The molecule has 0 amide bonds. The minimum atomic E-state index is 0.328. The molecule has 0 saturated heterocycles. The molecule has 0 aromatic rings. The molecule has 0 aliphatic rings. The number of nitrogens with zero attached hydrogens (tertiary/aromatic N) is 1. The third-order valence-corrected chi connectivity index (χ3v) is 3.34. The number of hydrogen-bond acceptors (Lipinski definition) is 3. The smallest absolute Gasteiger partial charge is 0.0596 e. The Hall–Kier alpha value is 0.270. The topological polar surface area (TPSA) is 12.5 Å². The van der Waals surface area contributed by atoms with Crippen LogP contribution in [0.3, 0.4) is 0 Å². The molecule has 1 unspecified atom stereocenters. The van der Waals surface area contributed by atoms with Crippen LogP contribution in [-0.2, 0) is 4.74 Å². The largest absolute Gasteiger partial charge is 0.377 e. The lowest BCUT2D eigenvalue weighted by Crippen LogP contribution is -2.36. The first-order valence-corrected chi connectivity index (χ1v) is 6.81. The van der Waals surface area contributed by atoms with Gasteiger partial charge in [-0.15, -0.1) is 0 Å². The van der Waals surface area contributed by atoms with Crippen molar-refractivity contribution in [1.29, 1.82) is 0 Å².